The molecule has 0 aliphatic carbocycles. The minimum atomic E-state index is -0.509. The smallest absolute Gasteiger partial charge is 0.306 e. The second-order valence-corrected chi connectivity index (χ2v) is 4.49. The number of benzene rings is 1. The van der Waals surface area contributed by atoms with E-state index in [4.69, 9.17) is 0 Å². The van der Waals surface area contributed by atoms with E-state index in [0.29, 0.717) is 15.4 Å². The largest absolute Gasteiger partial charge is 0.326 e. The minimum absolute atomic E-state index is 0.397. The normalized spacial score (nSPS) is 10.7. The number of hydrogen-bond acceptors (Lipinski definition) is 2. The Morgan fingerprint density at radius 3 is 2.50 bits per heavy atom. The van der Waals surface area contributed by atoms with Crippen molar-refractivity contribution in [3.05, 3.63) is 41.9 Å². The molecule has 14 heavy (non-hydrogen) atoms. The zero-order valence-electron chi connectivity index (χ0n) is 6.73. The van der Waals surface area contributed by atoms with Crippen molar-refractivity contribution < 1.29 is 0 Å². The number of H-pyrrole nitrogens is 2. The Morgan fingerprint density at radius 1 is 1.07 bits per heavy atom. The lowest BCUT2D eigenvalue weighted by Gasteiger charge is -1.99. The molecule has 0 aliphatic heterocycles. The fraction of sp³-hybridized carbons (Fsp3) is 0. The van der Waals surface area contributed by atoms with E-state index in [1.807, 2.05) is 0 Å². The van der Waals surface area contributed by atoms with E-state index in [1.165, 1.54) is 0 Å². The maximum Gasteiger partial charge on any atom is 0.326 e. The van der Waals surface area contributed by atoms with Gasteiger partial charge in [0.15, 0.2) is 0 Å². The third-order valence-corrected chi connectivity index (χ3v) is 2.85. The summed E-state index contributed by atoms with van der Waals surface area (Å²) < 4.78 is 1.44. The second-order valence-electron chi connectivity index (χ2n) is 2.72. The van der Waals surface area contributed by atoms with Gasteiger partial charge in [0.2, 0.25) is 0 Å². The van der Waals surface area contributed by atoms with Gasteiger partial charge in [0, 0.05) is 8.95 Å². The van der Waals surface area contributed by atoms with E-state index in [9.17, 15) is 9.59 Å². The lowest BCUT2D eigenvalue weighted by molar-refractivity contribution is 1.08. The quantitative estimate of drug-likeness (QED) is 0.777. The molecule has 0 aliphatic rings. The fourth-order valence-corrected chi connectivity index (χ4v) is 2.52. The van der Waals surface area contributed by atoms with Crippen molar-refractivity contribution in [2.75, 3.05) is 0 Å². The summed E-state index contributed by atoms with van der Waals surface area (Å²) >= 11 is 6.52. The van der Waals surface area contributed by atoms with Crippen LogP contribution in [0.2, 0.25) is 0 Å². The minimum Gasteiger partial charge on any atom is -0.306 e. The van der Waals surface area contributed by atoms with Gasteiger partial charge < -0.3 is 4.98 Å². The third-order valence-electron chi connectivity index (χ3n) is 1.77. The average Bonchev–Trinajstić information content (AvgIpc) is 2.07. The van der Waals surface area contributed by atoms with Crippen molar-refractivity contribution in [1.82, 2.24) is 9.97 Å². The molecule has 1 heterocycles. The van der Waals surface area contributed by atoms with Crippen LogP contribution in [0.3, 0.4) is 0 Å². The zero-order chi connectivity index (χ0) is 10.3. The maximum absolute atomic E-state index is 11.4. The molecule has 0 amide bonds. The van der Waals surface area contributed by atoms with E-state index in [-0.39, 0.29) is 0 Å². The molecule has 0 bridgehead atoms. The van der Waals surface area contributed by atoms with Crippen LogP contribution >= 0.6 is 31.9 Å². The highest BCUT2D eigenvalue weighted by atomic mass is 79.9. The van der Waals surface area contributed by atoms with Crippen LogP contribution in [0.15, 0.2) is 30.7 Å². The first-order chi connectivity index (χ1) is 6.58. The molecule has 72 valence electrons. The van der Waals surface area contributed by atoms with Gasteiger partial charge in [0.1, 0.15) is 0 Å². The van der Waals surface area contributed by atoms with Gasteiger partial charge in [-0.25, -0.2) is 4.79 Å². The Morgan fingerprint density at radius 2 is 1.79 bits per heavy atom. The van der Waals surface area contributed by atoms with Gasteiger partial charge >= 0.3 is 5.69 Å². The first-order valence-electron chi connectivity index (χ1n) is 3.69. The summed E-state index contributed by atoms with van der Waals surface area (Å²) in [7, 11) is 0. The molecule has 2 rings (SSSR count). The van der Waals surface area contributed by atoms with Crippen LogP contribution in [0, 0.1) is 0 Å². The summed E-state index contributed by atoms with van der Waals surface area (Å²) in [4.78, 5) is 27.1. The van der Waals surface area contributed by atoms with Crippen molar-refractivity contribution >= 4 is 42.8 Å². The molecule has 0 saturated carbocycles. The molecule has 0 fully saturated rings. The monoisotopic (exact) mass is 318 g/mol. The highest BCUT2D eigenvalue weighted by molar-refractivity contribution is 9.11. The zero-order valence-corrected chi connectivity index (χ0v) is 9.90. The van der Waals surface area contributed by atoms with Gasteiger partial charge in [-0.1, -0.05) is 15.9 Å². The number of aromatic nitrogens is 2. The van der Waals surface area contributed by atoms with E-state index in [1.54, 1.807) is 12.1 Å². The number of hydrogen-bond donors (Lipinski definition) is 2. The summed E-state index contributed by atoms with van der Waals surface area (Å²) in [6.07, 6.45) is 0. The number of nitrogens with one attached hydrogen (secondary N) is 2. The van der Waals surface area contributed by atoms with Crippen LogP contribution in [-0.4, -0.2) is 9.97 Å². The predicted molar refractivity (Wildman–Crippen MR) is 60.6 cm³/mol. The Bertz CT molecular complexity index is 615. The van der Waals surface area contributed by atoms with Gasteiger partial charge in [-0.05, 0) is 28.1 Å². The van der Waals surface area contributed by atoms with Crippen LogP contribution in [0.1, 0.15) is 0 Å². The molecule has 2 aromatic rings. The van der Waals surface area contributed by atoms with Gasteiger partial charge in [0.25, 0.3) is 5.56 Å². The molecule has 1 aromatic heterocycles. The SMILES string of the molecule is O=c1[nH]c(=O)c2cc(Br)cc(Br)c2[nH]1. The predicted octanol–water partition coefficient (Wildman–Crippen LogP) is 1.74. The molecule has 0 atom stereocenters. The van der Waals surface area contributed by atoms with E-state index in [2.05, 4.69) is 41.8 Å². The van der Waals surface area contributed by atoms with Gasteiger partial charge in [-0.2, -0.15) is 0 Å². The number of halogens is 2. The van der Waals surface area contributed by atoms with E-state index < -0.39 is 11.2 Å². The van der Waals surface area contributed by atoms with Gasteiger partial charge in [-0.15, -0.1) is 0 Å². The summed E-state index contributed by atoms with van der Waals surface area (Å²) in [5, 5.41) is 0.436. The number of aromatic amines is 2. The second kappa shape index (κ2) is 3.36. The van der Waals surface area contributed by atoms with E-state index >= 15 is 0 Å². The standard InChI is InChI=1S/C8H4Br2N2O2/c9-3-1-4-6(5(10)2-3)11-8(14)12-7(4)13/h1-2H,(H2,11,12,13,14). The highest BCUT2D eigenvalue weighted by Crippen LogP contribution is 2.23. The topological polar surface area (TPSA) is 65.7 Å². The molecule has 1 aromatic carbocycles. The first-order valence-corrected chi connectivity index (χ1v) is 5.28. The first kappa shape index (κ1) is 9.67. The fourth-order valence-electron chi connectivity index (χ4n) is 1.19. The number of rotatable bonds is 0. The van der Waals surface area contributed by atoms with Crippen LogP contribution in [0.25, 0.3) is 10.9 Å². The molecular formula is C8H4Br2N2O2. The Hall–Kier alpha value is -0.880. The molecule has 4 nitrogen and oxygen atoms in total. The lowest BCUT2D eigenvalue weighted by atomic mass is 10.2. The Labute approximate surface area is 94.6 Å². The van der Waals surface area contributed by atoms with Crippen molar-refractivity contribution in [1.29, 1.82) is 0 Å². The van der Waals surface area contributed by atoms with E-state index in [0.717, 1.165) is 4.47 Å². The average molecular weight is 320 g/mol. The van der Waals surface area contributed by atoms with Crippen LogP contribution < -0.4 is 11.2 Å². The summed E-state index contributed by atoms with van der Waals surface area (Å²) in [6, 6.07) is 3.41. The van der Waals surface area contributed by atoms with Crippen molar-refractivity contribution in [2.45, 2.75) is 0 Å². The molecule has 0 saturated heterocycles. The Kier molecular flexibility index (Phi) is 2.32. The van der Waals surface area contributed by atoms with Crippen LogP contribution in [0.4, 0.5) is 0 Å². The van der Waals surface area contributed by atoms with Crippen molar-refractivity contribution in [3.8, 4) is 0 Å². The Balaban J connectivity index is 3.10. The summed E-state index contributed by atoms with van der Waals surface area (Å²) in [5.74, 6) is 0. The molecule has 0 unspecified atom stereocenters. The molecule has 6 heteroatoms. The molecular weight excluding hydrogens is 316 g/mol. The molecule has 0 radical (unpaired) electrons. The maximum atomic E-state index is 11.4. The van der Waals surface area contributed by atoms with Crippen molar-refractivity contribution in [3.63, 3.8) is 0 Å². The number of fused-ring (bicyclic) bond motifs is 1. The highest BCUT2D eigenvalue weighted by Gasteiger charge is 2.05. The van der Waals surface area contributed by atoms with Crippen molar-refractivity contribution in [2.24, 2.45) is 0 Å². The summed E-state index contributed by atoms with van der Waals surface area (Å²) in [6.45, 7) is 0. The molecule has 2 N–H and O–H groups in total. The van der Waals surface area contributed by atoms with Crippen LogP contribution in [0.5, 0.6) is 0 Å². The lowest BCUT2D eigenvalue weighted by Crippen LogP contribution is -2.21. The third kappa shape index (κ3) is 1.55. The summed E-state index contributed by atoms with van der Waals surface area (Å²) in [5.41, 5.74) is -0.404. The molecule has 0 spiro atoms. The van der Waals surface area contributed by atoms with Gasteiger partial charge in [0.05, 0.1) is 10.9 Å². The van der Waals surface area contributed by atoms with Crippen LogP contribution in [-0.2, 0) is 0 Å². The van der Waals surface area contributed by atoms with Gasteiger partial charge in [-0.3, -0.25) is 9.78 Å².